The maximum Gasteiger partial charge on any atom is 0.272 e. The number of rotatable bonds is 5. The quantitative estimate of drug-likeness (QED) is 0.673. The first-order valence-electron chi connectivity index (χ1n) is 8.83. The van der Waals surface area contributed by atoms with Crippen LogP contribution in [0.5, 0.6) is 0 Å². The van der Waals surface area contributed by atoms with Crippen LogP contribution in [0.15, 0.2) is 39.9 Å². The molecule has 140 valence electrons. The molecule has 0 unspecified atom stereocenters. The second-order valence-corrected chi connectivity index (χ2v) is 6.59. The number of benzene rings is 1. The molecule has 0 atom stereocenters. The number of nitrogens with zero attached hydrogens (tertiary/aromatic N) is 2. The first-order chi connectivity index (χ1) is 12.9. The van der Waals surface area contributed by atoms with Crippen LogP contribution >= 0.6 is 0 Å². The summed E-state index contributed by atoms with van der Waals surface area (Å²) >= 11 is 0. The SMILES string of the molecule is Cc1cc(C)c(C(=O)NCCCn2c(=O)c(C)nc3ccccc32)c(=O)[nH]1. The Morgan fingerprint density at radius 2 is 1.93 bits per heavy atom. The lowest BCUT2D eigenvalue weighted by Gasteiger charge is -2.12. The Morgan fingerprint density at radius 3 is 2.67 bits per heavy atom. The maximum atomic E-state index is 12.4. The summed E-state index contributed by atoms with van der Waals surface area (Å²) in [6, 6.07) is 9.24. The van der Waals surface area contributed by atoms with Crippen LogP contribution in [0.4, 0.5) is 0 Å². The summed E-state index contributed by atoms with van der Waals surface area (Å²) in [7, 11) is 0. The summed E-state index contributed by atoms with van der Waals surface area (Å²) in [5, 5.41) is 2.76. The lowest BCUT2D eigenvalue weighted by Crippen LogP contribution is -2.32. The van der Waals surface area contributed by atoms with Crippen molar-refractivity contribution in [3.05, 3.63) is 73.6 Å². The normalized spacial score (nSPS) is 10.9. The van der Waals surface area contributed by atoms with E-state index in [9.17, 15) is 14.4 Å². The molecule has 0 bridgehead atoms. The molecule has 3 rings (SSSR count). The molecule has 0 spiro atoms. The number of amides is 1. The Balaban J connectivity index is 1.71. The van der Waals surface area contributed by atoms with Crippen LogP contribution in [-0.2, 0) is 6.54 Å². The summed E-state index contributed by atoms with van der Waals surface area (Å²) in [4.78, 5) is 43.7. The molecule has 1 amide bonds. The number of pyridine rings is 1. The van der Waals surface area contributed by atoms with E-state index in [2.05, 4.69) is 15.3 Å². The largest absolute Gasteiger partial charge is 0.352 e. The fourth-order valence-electron chi connectivity index (χ4n) is 3.21. The number of H-pyrrole nitrogens is 1. The zero-order chi connectivity index (χ0) is 19.6. The fraction of sp³-hybridized carbons (Fsp3) is 0.300. The van der Waals surface area contributed by atoms with Crippen LogP contribution in [0.25, 0.3) is 11.0 Å². The number of nitrogens with one attached hydrogen (secondary N) is 2. The van der Waals surface area contributed by atoms with Gasteiger partial charge in [-0.2, -0.15) is 0 Å². The van der Waals surface area contributed by atoms with Gasteiger partial charge in [-0.15, -0.1) is 0 Å². The van der Waals surface area contributed by atoms with E-state index in [0.29, 0.717) is 36.5 Å². The van der Waals surface area contributed by atoms with Gasteiger partial charge in [0.25, 0.3) is 17.0 Å². The molecule has 0 aliphatic carbocycles. The molecule has 3 aromatic rings. The smallest absolute Gasteiger partial charge is 0.272 e. The van der Waals surface area contributed by atoms with E-state index in [1.54, 1.807) is 31.4 Å². The summed E-state index contributed by atoms with van der Waals surface area (Å²) in [6.45, 7) is 6.01. The van der Waals surface area contributed by atoms with Gasteiger partial charge in [0.15, 0.2) is 0 Å². The Bertz CT molecular complexity index is 1130. The van der Waals surface area contributed by atoms with Crippen LogP contribution in [-0.4, -0.2) is 27.0 Å². The summed E-state index contributed by atoms with van der Waals surface area (Å²) < 4.78 is 1.67. The highest BCUT2D eigenvalue weighted by Gasteiger charge is 2.14. The van der Waals surface area contributed by atoms with E-state index < -0.39 is 11.5 Å². The van der Waals surface area contributed by atoms with Crippen molar-refractivity contribution in [1.82, 2.24) is 19.9 Å². The van der Waals surface area contributed by atoms with Gasteiger partial charge in [-0.3, -0.25) is 14.4 Å². The molecule has 2 heterocycles. The summed E-state index contributed by atoms with van der Waals surface area (Å²) in [5.74, 6) is -0.406. The second-order valence-electron chi connectivity index (χ2n) is 6.59. The molecule has 0 radical (unpaired) electrons. The third-order valence-electron chi connectivity index (χ3n) is 4.45. The zero-order valence-electron chi connectivity index (χ0n) is 15.6. The van der Waals surface area contributed by atoms with E-state index in [1.807, 2.05) is 24.3 Å². The van der Waals surface area contributed by atoms with Gasteiger partial charge in [0.2, 0.25) is 0 Å². The van der Waals surface area contributed by atoms with E-state index >= 15 is 0 Å². The number of fused-ring (bicyclic) bond motifs is 1. The van der Waals surface area contributed by atoms with Crippen molar-refractivity contribution < 1.29 is 4.79 Å². The van der Waals surface area contributed by atoms with E-state index in [4.69, 9.17) is 0 Å². The van der Waals surface area contributed by atoms with Crippen LogP contribution in [0.2, 0.25) is 0 Å². The predicted octanol–water partition coefficient (Wildman–Crippen LogP) is 1.83. The van der Waals surface area contributed by atoms with Crippen LogP contribution < -0.4 is 16.4 Å². The Hall–Kier alpha value is -3.22. The second kappa shape index (κ2) is 7.57. The van der Waals surface area contributed by atoms with Gasteiger partial charge in [0.05, 0.1) is 11.0 Å². The molecular weight excluding hydrogens is 344 g/mol. The van der Waals surface area contributed by atoms with Gasteiger partial charge in [-0.05, 0) is 51.0 Å². The van der Waals surface area contributed by atoms with E-state index in [-0.39, 0.29) is 11.1 Å². The molecule has 0 saturated heterocycles. The number of hydrogen-bond donors (Lipinski definition) is 2. The van der Waals surface area contributed by atoms with Gasteiger partial charge in [0.1, 0.15) is 11.3 Å². The number of aromatic amines is 1. The van der Waals surface area contributed by atoms with Gasteiger partial charge in [-0.25, -0.2) is 4.98 Å². The molecule has 7 nitrogen and oxygen atoms in total. The first kappa shape index (κ1) is 18.6. The molecule has 2 aromatic heterocycles. The minimum absolute atomic E-state index is 0.128. The van der Waals surface area contributed by atoms with Gasteiger partial charge in [-0.1, -0.05) is 12.1 Å². The Morgan fingerprint density at radius 1 is 1.19 bits per heavy atom. The standard InChI is InChI=1S/C20H22N4O3/c1-12-11-13(2)22-19(26)17(12)18(25)21-9-6-10-24-16-8-5-4-7-15(16)23-14(3)20(24)27/h4-5,7-8,11H,6,9-10H2,1-3H3,(H,21,25)(H,22,26). The van der Waals surface area contributed by atoms with Crippen LogP contribution in [0.3, 0.4) is 0 Å². The van der Waals surface area contributed by atoms with Crippen molar-refractivity contribution in [2.75, 3.05) is 6.54 Å². The number of aryl methyl sites for hydroxylation is 4. The first-order valence-corrected chi connectivity index (χ1v) is 8.83. The zero-order valence-corrected chi connectivity index (χ0v) is 15.6. The van der Waals surface area contributed by atoms with Crippen molar-refractivity contribution in [2.24, 2.45) is 0 Å². The van der Waals surface area contributed by atoms with Crippen molar-refractivity contribution in [3.63, 3.8) is 0 Å². The Labute approximate surface area is 156 Å². The van der Waals surface area contributed by atoms with Crippen molar-refractivity contribution in [2.45, 2.75) is 33.7 Å². The molecule has 7 heteroatoms. The predicted molar refractivity (Wildman–Crippen MR) is 104 cm³/mol. The maximum absolute atomic E-state index is 12.4. The fourth-order valence-corrected chi connectivity index (χ4v) is 3.21. The minimum Gasteiger partial charge on any atom is -0.352 e. The van der Waals surface area contributed by atoms with Crippen molar-refractivity contribution >= 4 is 16.9 Å². The van der Waals surface area contributed by atoms with Crippen molar-refractivity contribution in [1.29, 1.82) is 0 Å². The van der Waals surface area contributed by atoms with E-state index in [1.165, 1.54) is 0 Å². The number of carbonyl (C=O) groups is 1. The van der Waals surface area contributed by atoms with E-state index in [0.717, 1.165) is 11.0 Å². The molecule has 0 saturated carbocycles. The lowest BCUT2D eigenvalue weighted by molar-refractivity contribution is 0.0950. The lowest BCUT2D eigenvalue weighted by atomic mass is 10.1. The number of aromatic nitrogens is 3. The number of para-hydroxylation sites is 2. The molecular formula is C20H22N4O3. The monoisotopic (exact) mass is 366 g/mol. The van der Waals surface area contributed by atoms with Crippen molar-refractivity contribution in [3.8, 4) is 0 Å². The molecule has 0 aliphatic heterocycles. The van der Waals surface area contributed by atoms with Gasteiger partial charge >= 0.3 is 0 Å². The minimum atomic E-state index is -0.406. The van der Waals surface area contributed by atoms with Gasteiger partial charge in [0, 0.05) is 18.8 Å². The average molecular weight is 366 g/mol. The van der Waals surface area contributed by atoms with Crippen LogP contribution in [0.1, 0.15) is 33.7 Å². The average Bonchev–Trinajstić information content (AvgIpc) is 2.60. The summed E-state index contributed by atoms with van der Waals surface area (Å²) in [5.41, 5.74) is 2.94. The molecule has 0 fully saturated rings. The molecule has 1 aromatic carbocycles. The van der Waals surface area contributed by atoms with Gasteiger partial charge < -0.3 is 14.9 Å². The number of carbonyl (C=O) groups excluding carboxylic acids is 1. The molecule has 0 aliphatic rings. The topological polar surface area (TPSA) is 96.8 Å². The number of hydrogen-bond acceptors (Lipinski definition) is 4. The highest BCUT2D eigenvalue weighted by Crippen LogP contribution is 2.10. The highest BCUT2D eigenvalue weighted by molar-refractivity contribution is 5.95. The van der Waals surface area contributed by atoms with Crippen LogP contribution in [0, 0.1) is 20.8 Å². The third-order valence-corrected chi connectivity index (χ3v) is 4.45. The molecule has 2 N–H and O–H groups in total. The summed E-state index contributed by atoms with van der Waals surface area (Å²) in [6.07, 6.45) is 0.557. The highest BCUT2D eigenvalue weighted by atomic mass is 16.2. The molecule has 27 heavy (non-hydrogen) atoms. The Kier molecular flexibility index (Phi) is 5.21. The third kappa shape index (κ3) is 3.81.